The molecule has 0 aromatic heterocycles. The Morgan fingerprint density at radius 1 is 1.00 bits per heavy atom. The number of rotatable bonds is 5. The first-order valence-corrected chi connectivity index (χ1v) is 10.00. The molecule has 28 heavy (non-hydrogen) atoms. The van der Waals surface area contributed by atoms with Crippen LogP contribution in [0, 0.1) is 5.82 Å². The highest BCUT2D eigenvalue weighted by Gasteiger charge is 2.41. The summed E-state index contributed by atoms with van der Waals surface area (Å²) in [6.45, 7) is 1.21. The van der Waals surface area contributed by atoms with Crippen molar-refractivity contribution < 1.29 is 14.0 Å². The van der Waals surface area contributed by atoms with Gasteiger partial charge in [-0.2, -0.15) is 0 Å². The summed E-state index contributed by atoms with van der Waals surface area (Å²) in [5.41, 5.74) is 2.08. The zero-order chi connectivity index (χ0) is 19.5. The minimum atomic E-state index is -0.374. The Balaban J connectivity index is 1.47. The lowest BCUT2D eigenvalue weighted by molar-refractivity contribution is -0.142. The second-order valence-corrected chi connectivity index (χ2v) is 7.72. The number of hydrogen-bond donors (Lipinski definition) is 0. The molecule has 4 nitrogen and oxygen atoms in total. The standard InChI is InChI=1S/C23H25FN2O2/c24-19-10-8-17(9-11-19)15-20-7-4-14-25(20)23(28)21-12-13-22(27)26(21)16-18-5-2-1-3-6-18/h1-3,5-6,8-11,20-21H,4,7,12-16H2. The predicted octanol–water partition coefficient (Wildman–Crippen LogP) is 3.55. The average Bonchev–Trinajstić information content (AvgIpc) is 3.31. The number of hydrogen-bond acceptors (Lipinski definition) is 2. The molecule has 2 aromatic rings. The van der Waals surface area contributed by atoms with E-state index in [4.69, 9.17) is 0 Å². The molecule has 2 aliphatic heterocycles. The van der Waals surface area contributed by atoms with Crippen molar-refractivity contribution in [2.45, 2.75) is 50.7 Å². The maximum atomic E-state index is 13.3. The molecule has 4 rings (SSSR count). The second-order valence-electron chi connectivity index (χ2n) is 7.72. The highest BCUT2D eigenvalue weighted by Crippen LogP contribution is 2.28. The van der Waals surface area contributed by atoms with E-state index in [0.717, 1.165) is 36.9 Å². The van der Waals surface area contributed by atoms with Crippen molar-refractivity contribution >= 4 is 11.8 Å². The number of nitrogens with zero attached hydrogens (tertiary/aromatic N) is 2. The smallest absolute Gasteiger partial charge is 0.245 e. The summed E-state index contributed by atoms with van der Waals surface area (Å²) in [5.74, 6) is -0.132. The van der Waals surface area contributed by atoms with Gasteiger partial charge in [-0.25, -0.2) is 4.39 Å². The van der Waals surface area contributed by atoms with E-state index >= 15 is 0 Å². The predicted molar refractivity (Wildman–Crippen MR) is 105 cm³/mol. The lowest BCUT2D eigenvalue weighted by Gasteiger charge is -2.31. The van der Waals surface area contributed by atoms with E-state index < -0.39 is 0 Å². The summed E-state index contributed by atoms with van der Waals surface area (Å²) in [5, 5.41) is 0. The Kier molecular flexibility index (Phi) is 5.42. The highest BCUT2D eigenvalue weighted by atomic mass is 19.1. The summed E-state index contributed by atoms with van der Waals surface area (Å²) in [6, 6.07) is 16.1. The van der Waals surface area contributed by atoms with Gasteiger partial charge in [-0.15, -0.1) is 0 Å². The molecule has 0 saturated carbocycles. The zero-order valence-electron chi connectivity index (χ0n) is 15.9. The van der Waals surface area contributed by atoms with Crippen LogP contribution in [0.1, 0.15) is 36.8 Å². The lowest BCUT2D eigenvalue weighted by atomic mass is 10.0. The van der Waals surface area contributed by atoms with Gasteiger partial charge in [-0.3, -0.25) is 9.59 Å². The van der Waals surface area contributed by atoms with Crippen LogP contribution < -0.4 is 0 Å². The Bertz CT molecular complexity index is 837. The summed E-state index contributed by atoms with van der Waals surface area (Å²) >= 11 is 0. The minimum Gasteiger partial charge on any atom is -0.338 e. The normalized spacial score (nSPS) is 22.1. The first-order chi connectivity index (χ1) is 13.6. The summed E-state index contributed by atoms with van der Waals surface area (Å²) in [7, 11) is 0. The first-order valence-electron chi connectivity index (χ1n) is 10.00. The van der Waals surface area contributed by atoms with E-state index in [-0.39, 0.29) is 29.7 Å². The molecule has 0 bridgehead atoms. The van der Waals surface area contributed by atoms with Crippen molar-refractivity contribution in [3.05, 3.63) is 71.5 Å². The van der Waals surface area contributed by atoms with Crippen molar-refractivity contribution in [2.24, 2.45) is 0 Å². The fourth-order valence-electron chi connectivity index (χ4n) is 4.39. The largest absolute Gasteiger partial charge is 0.338 e. The molecule has 2 unspecified atom stereocenters. The molecule has 2 atom stereocenters. The molecule has 2 aromatic carbocycles. The quantitative estimate of drug-likeness (QED) is 0.796. The molecule has 2 fully saturated rings. The summed E-state index contributed by atoms with van der Waals surface area (Å²) in [6.07, 6.45) is 3.66. The molecule has 146 valence electrons. The van der Waals surface area contributed by atoms with Gasteiger partial charge in [0.05, 0.1) is 0 Å². The molecule has 2 saturated heterocycles. The van der Waals surface area contributed by atoms with Crippen molar-refractivity contribution in [2.75, 3.05) is 6.54 Å². The molecule has 0 spiro atoms. The van der Waals surface area contributed by atoms with Crippen LogP contribution in [0.15, 0.2) is 54.6 Å². The Hall–Kier alpha value is -2.69. The molecular formula is C23H25FN2O2. The van der Waals surface area contributed by atoms with E-state index in [1.54, 1.807) is 17.0 Å². The van der Waals surface area contributed by atoms with E-state index in [0.29, 0.717) is 19.4 Å². The number of likely N-dealkylation sites (tertiary alicyclic amines) is 2. The van der Waals surface area contributed by atoms with E-state index in [2.05, 4.69) is 0 Å². The molecule has 2 heterocycles. The SMILES string of the molecule is O=C(C1CCC(=O)N1Cc1ccccc1)N1CCCC1Cc1ccc(F)cc1. The molecule has 0 N–H and O–H groups in total. The Morgan fingerprint density at radius 2 is 1.75 bits per heavy atom. The minimum absolute atomic E-state index is 0.0523. The van der Waals surface area contributed by atoms with Crippen LogP contribution in [-0.4, -0.2) is 40.2 Å². The summed E-state index contributed by atoms with van der Waals surface area (Å²) < 4.78 is 13.2. The molecular weight excluding hydrogens is 355 g/mol. The molecule has 2 aliphatic rings. The average molecular weight is 380 g/mol. The molecule has 0 radical (unpaired) electrons. The van der Waals surface area contributed by atoms with E-state index in [9.17, 15) is 14.0 Å². The lowest BCUT2D eigenvalue weighted by Crippen LogP contribution is -2.48. The Labute approximate surface area is 164 Å². The maximum absolute atomic E-state index is 13.3. The van der Waals surface area contributed by atoms with Gasteiger partial charge in [0.25, 0.3) is 0 Å². The number of carbonyl (C=O) groups excluding carboxylic acids is 2. The fraction of sp³-hybridized carbons (Fsp3) is 0.391. The van der Waals surface area contributed by atoms with Gasteiger partial charge < -0.3 is 9.80 Å². The maximum Gasteiger partial charge on any atom is 0.245 e. The second kappa shape index (κ2) is 8.13. The highest BCUT2D eigenvalue weighted by molar-refractivity contribution is 5.91. The fourth-order valence-corrected chi connectivity index (χ4v) is 4.39. The first kappa shape index (κ1) is 18.7. The van der Waals surface area contributed by atoms with Gasteiger partial charge in [-0.05, 0) is 48.9 Å². The number of carbonyl (C=O) groups is 2. The van der Waals surface area contributed by atoms with Crippen molar-refractivity contribution in [1.82, 2.24) is 9.80 Å². The van der Waals surface area contributed by atoms with Crippen LogP contribution in [0.5, 0.6) is 0 Å². The van der Waals surface area contributed by atoms with E-state index in [1.165, 1.54) is 12.1 Å². The topological polar surface area (TPSA) is 40.6 Å². The van der Waals surface area contributed by atoms with Gasteiger partial charge in [0.15, 0.2) is 0 Å². The van der Waals surface area contributed by atoms with Gasteiger partial charge in [0.2, 0.25) is 11.8 Å². The number of benzene rings is 2. The third-order valence-electron chi connectivity index (χ3n) is 5.85. The van der Waals surface area contributed by atoms with Crippen LogP contribution in [0.2, 0.25) is 0 Å². The van der Waals surface area contributed by atoms with Crippen molar-refractivity contribution in [1.29, 1.82) is 0 Å². The molecule has 0 aliphatic carbocycles. The number of amides is 2. The Morgan fingerprint density at radius 3 is 2.50 bits per heavy atom. The monoisotopic (exact) mass is 380 g/mol. The van der Waals surface area contributed by atoms with Crippen LogP contribution >= 0.6 is 0 Å². The summed E-state index contributed by atoms with van der Waals surface area (Å²) in [4.78, 5) is 29.4. The zero-order valence-corrected chi connectivity index (χ0v) is 15.9. The molecule has 5 heteroatoms. The van der Waals surface area contributed by atoms with Gasteiger partial charge in [0.1, 0.15) is 11.9 Å². The number of halogens is 1. The van der Waals surface area contributed by atoms with Crippen LogP contribution in [0.3, 0.4) is 0 Å². The van der Waals surface area contributed by atoms with Crippen molar-refractivity contribution in [3.8, 4) is 0 Å². The third-order valence-corrected chi connectivity index (χ3v) is 5.85. The van der Waals surface area contributed by atoms with Crippen molar-refractivity contribution in [3.63, 3.8) is 0 Å². The van der Waals surface area contributed by atoms with Gasteiger partial charge >= 0.3 is 0 Å². The van der Waals surface area contributed by atoms with Gasteiger partial charge in [-0.1, -0.05) is 42.5 Å². The third kappa shape index (κ3) is 3.93. The van der Waals surface area contributed by atoms with Crippen LogP contribution in [0.4, 0.5) is 4.39 Å². The van der Waals surface area contributed by atoms with Crippen LogP contribution in [0.25, 0.3) is 0 Å². The van der Waals surface area contributed by atoms with Gasteiger partial charge in [0, 0.05) is 25.6 Å². The van der Waals surface area contributed by atoms with Crippen LogP contribution in [-0.2, 0) is 22.6 Å². The van der Waals surface area contributed by atoms with E-state index in [1.807, 2.05) is 35.2 Å². The molecule has 2 amide bonds.